The number of nitrogens with two attached hydrogens (primary N) is 1. The van der Waals surface area contributed by atoms with Crippen LogP contribution in [0.25, 0.3) is 0 Å². The molecule has 0 bridgehead atoms. The van der Waals surface area contributed by atoms with Crippen molar-refractivity contribution in [1.82, 2.24) is 4.72 Å². The highest BCUT2D eigenvalue weighted by Gasteiger charge is 2.03. The number of hydrogen-bond donors (Lipinski definition) is 2. The first-order chi connectivity index (χ1) is 4.12. The van der Waals surface area contributed by atoms with E-state index in [4.69, 9.17) is 5.73 Å². The molecule has 9 heavy (non-hydrogen) atoms. The fourth-order valence-corrected chi connectivity index (χ4v) is 1.24. The fraction of sp³-hybridized carbons (Fsp3) is 1.00. The van der Waals surface area contributed by atoms with Gasteiger partial charge in [-0.2, -0.15) is 0 Å². The molecule has 0 unspecified atom stereocenters. The molecular formula is C3H9BrN2O2S. The van der Waals surface area contributed by atoms with Crippen molar-refractivity contribution in [2.45, 2.75) is 0 Å². The molecule has 0 spiro atoms. The lowest BCUT2D eigenvalue weighted by atomic mass is 10.7. The van der Waals surface area contributed by atoms with Gasteiger partial charge in [-0.05, 0) is 0 Å². The molecular weight excluding hydrogens is 208 g/mol. The number of sulfonamides is 1. The fourth-order valence-electron chi connectivity index (χ4n) is 0.253. The molecule has 0 aliphatic rings. The van der Waals surface area contributed by atoms with Crippen LogP contribution in [0.1, 0.15) is 0 Å². The first kappa shape index (κ1) is 9.35. The van der Waals surface area contributed by atoms with Crippen LogP contribution in [0.3, 0.4) is 0 Å². The van der Waals surface area contributed by atoms with Crippen LogP contribution in [0.5, 0.6) is 0 Å². The van der Waals surface area contributed by atoms with E-state index in [1.165, 1.54) is 0 Å². The molecule has 0 saturated carbocycles. The van der Waals surface area contributed by atoms with E-state index in [1.807, 2.05) is 0 Å². The van der Waals surface area contributed by atoms with Gasteiger partial charge in [-0.15, -0.1) is 0 Å². The summed E-state index contributed by atoms with van der Waals surface area (Å²) in [7, 11) is -3.09. The molecule has 0 heterocycles. The molecule has 0 aromatic heterocycles. The molecule has 0 fully saturated rings. The average Bonchev–Trinajstić information content (AvgIpc) is 1.84. The van der Waals surface area contributed by atoms with Crippen LogP contribution in [-0.4, -0.2) is 26.2 Å². The van der Waals surface area contributed by atoms with Crippen molar-refractivity contribution in [3.05, 3.63) is 0 Å². The zero-order valence-corrected chi connectivity index (χ0v) is 7.20. The monoisotopic (exact) mass is 216 g/mol. The summed E-state index contributed by atoms with van der Waals surface area (Å²) in [6.07, 6.45) is 0. The Hall–Kier alpha value is 0.350. The van der Waals surface area contributed by atoms with E-state index in [-0.39, 0.29) is 4.66 Å². The molecule has 0 aliphatic heterocycles. The molecule has 0 aromatic carbocycles. The van der Waals surface area contributed by atoms with Crippen LogP contribution in [0.2, 0.25) is 0 Å². The molecule has 0 aromatic rings. The van der Waals surface area contributed by atoms with Gasteiger partial charge in [0.15, 0.2) is 0 Å². The molecule has 56 valence electrons. The number of nitrogens with one attached hydrogen (secondary N) is 1. The van der Waals surface area contributed by atoms with E-state index in [1.54, 1.807) is 0 Å². The minimum atomic E-state index is -3.09. The predicted molar refractivity (Wildman–Crippen MR) is 39.8 cm³/mol. The molecule has 6 heteroatoms. The zero-order chi connectivity index (χ0) is 7.33. The molecule has 0 amide bonds. The highest BCUT2D eigenvalue weighted by molar-refractivity contribution is 9.10. The van der Waals surface area contributed by atoms with E-state index in [0.29, 0.717) is 13.1 Å². The zero-order valence-electron chi connectivity index (χ0n) is 4.80. The van der Waals surface area contributed by atoms with Crippen molar-refractivity contribution < 1.29 is 8.42 Å². The Morgan fingerprint density at radius 3 is 2.44 bits per heavy atom. The third-order valence-corrected chi connectivity index (χ3v) is 3.35. The van der Waals surface area contributed by atoms with E-state index < -0.39 is 10.0 Å². The van der Waals surface area contributed by atoms with Crippen LogP contribution in [0, 0.1) is 0 Å². The van der Waals surface area contributed by atoms with Gasteiger partial charge >= 0.3 is 0 Å². The Morgan fingerprint density at radius 2 is 2.11 bits per heavy atom. The van der Waals surface area contributed by atoms with Gasteiger partial charge in [0.2, 0.25) is 10.0 Å². The molecule has 0 saturated heterocycles. The Morgan fingerprint density at radius 1 is 1.56 bits per heavy atom. The second-order valence-corrected chi connectivity index (χ2v) is 4.52. The van der Waals surface area contributed by atoms with Crippen LogP contribution in [-0.2, 0) is 10.0 Å². The van der Waals surface area contributed by atoms with E-state index in [0.717, 1.165) is 0 Å². The van der Waals surface area contributed by atoms with Crippen molar-refractivity contribution in [2.24, 2.45) is 5.73 Å². The van der Waals surface area contributed by atoms with Crippen molar-refractivity contribution in [3.63, 3.8) is 0 Å². The summed E-state index contributed by atoms with van der Waals surface area (Å²) in [4.78, 5) is 0. The van der Waals surface area contributed by atoms with Gasteiger partial charge in [-0.25, -0.2) is 13.1 Å². The summed E-state index contributed by atoms with van der Waals surface area (Å²) in [6.45, 7) is 0.625. The lowest BCUT2D eigenvalue weighted by Gasteiger charge is -1.98. The second kappa shape index (κ2) is 4.21. The standard InChI is InChI=1S/C3H9BrN2O2S/c4-3-9(7,8)6-2-1-5/h6H,1-3,5H2. The van der Waals surface area contributed by atoms with E-state index in [2.05, 4.69) is 20.7 Å². The smallest absolute Gasteiger partial charge is 0.221 e. The predicted octanol–water partition coefficient (Wildman–Crippen LogP) is -0.783. The molecule has 0 aliphatic carbocycles. The summed E-state index contributed by atoms with van der Waals surface area (Å²) < 4.78 is 23.3. The highest BCUT2D eigenvalue weighted by Crippen LogP contribution is 1.88. The number of hydrogen-bond acceptors (Lipinski definition) is 3. The molecule has 0 radical (unpaired) electrons. The van der Waals surface area contributed by atoms with E-state index in [9.17, 15) is 8.42 Å². The van der Waals surface area contributed by atoms with E-state index >= 15 is 0 Å². The minimum Gasteiger partial charge on any atom is -0.329 e. The number of halogens is 1. The largest absolute Gasteiger partial charge is 0.329 e. The Balaban J connectivity index is 3.61. The first-order valence-corrected chi connectivity index (χ1v) is 5.13. The lowest BCUT2D eigenvalue weighted by Crippen LogP contribution is -2.29. The lowest BCUT2D eigenvalue weighted by molar-refractivity contribution is 0.587. The third kappa shape index (κ3) is 4.83. The number of rotatable bonds is 4. The third-order valence-electron chi connectivity index (χ3n) is 0.610. The summed E-state index contributed by atoms with van der Waals surface area (Å²) in [5.41, 5.74) is 5.05. The van der Waals surface area contributed by atoms with Gasteiger partial charge < -0.3 is 5.73 Å². The van der Waals surface area contributed by atoms with Gasteiger partial charge in [-0.3, -0.25) is 0 Å². The molecule has 0 atom stereocenters. The Bertz CT molecular complexity index is 155. The Kier molecular flexibility index (Phi) is 4.37. The number of alkyl halides is 1. The molecule has 0 rings (SSSR count). The summed E-state index contributed by atoms with van der Waals surface area (Å²) >= 11 is 2.81. The van der Waals surface area contributed by atoms with Gasteiger partial charge in [0, 0.05) is 13.1 Å². The van der Waals surface area contributed by atoms with Crippen molar-refractivity contribution >= 4 is 26.0 Å². The second-order valence-electron chi connectivity index (χ2n) is 1.41. The van der Waals surface area contributed by atoms with Gasteiger partial charge in [0.1, 0.15) is 4.66 Å². The minimum absolute atomic E-state index is 0.0694. The van der Waals surface area contributed by atoms with Crippen LogP contribution in [0.15, 0.2) is 0 Å². The quantitative estimate of drug-likeness (QED) is 0.606. The highest BCUT2D eigenvalue weighted by atomic mass is 79.9. The van der Waals surface area contributed by atoms with Gasteiger partial charge in [0.25, 0.3) is 0 Å². The Labute approximate surface area is 63.0 Å². The van der Waals surface area contributed by atoms with Gasteiger partial charge in [-0.1, -0.05) is 15.9 Å². The average molecular weight is 217 g/mol. The summed E-state index contributed by atoms with van der Waals surface area (Å²) in [5, 5.41) is 0. The summed E-state index contributed by atoms with van der Waals surface area (Å²) in [5.74, 6) is 0. The summed E-state index contributed by atoms with van der Waals surface area (Å²) in [6, 6.07) is 0. The van der Waals surface area contributed by atoms with Gasteiger partial charge in [0.05, 0.1) is 0 Å². The topological polar surface area (TPSA) is 72.2 Å². The van der Waals surface area contributed by atoms with Crippen molar-refractivity contribution in [3.8, 4) is 0 Å². The van der Waals surface area contributed by atoms with Crippen LogP contribution in [0.4, 0.5) is 0 Å². The van der Waals surface area contributed by atoms with Crippen LogP contribution < -0.4 is 10.5 Å². The van der Waals surface area contributed by atoms with Crippen LogP contribution >= 0.6 is 15.9 Å². The molecule has 4 nitrogen and oxygen atoms in total. The molecule has 3 N–H and O–H groups in total. The first-order valence-electron chi connectivity index (χ1n) is 2.36. The van der Waals surface area contributed by atoms with Crippen molar-refractivity contribution in [1.29, 1.82) is 0 Å². The maximum atomic E-state index is 10.5. The maximum Gasteiger partial charge on any atom is 0.221 e. The maximum absolute atomic E-state index is 10.5. The SMILES string of the molecule is NCCNS(=O)(=O)CBr. The normalized spacial score (nSPS) is 11.8. The van der Waals surface area contributed by atoms with Crippen molar-refractivity contribution in [2.75, 3.05) is 17.8 Å².